The van der Waals surface area contributed by atoms with Crippen LogP contribution in [0, 0.1) is 12.7 Å². The van der Waals surface area contributed by atoms with Gasteiger partial charge in [0.15, 0.2) is 0 Å². The summed E-state index contributed by atoms with van der Waals surface area (Å²) in [5, 5.41) is 13.0. The number of hydrogen-bond acceptors (Lipinski definition) is 6. The van der Waals surface area contributed by atoms with Crippen molar-refractivity contribution in [2.45, 2.75) is 69.4 Å². The smallest absolute Gasteiger partial charge is 0.275 e. The van der Waals surface area contributed by atoms with Crippen molar-refractivity contribution in [2.75, 3.05) is 11.9 Å². The molecule has 4 atom stereocenters. The number of alkyl halides is 3. The first-order valence-corrected chi connectivity index (χ1v) is 11.6. The van der Waals surface area contributed by atoms with Gasteiger partial charge in [-0.25, -0.2) is 27.5 Å². The van der Waals surface area contributed by atoms with Gasteiger partial charge >= 0.3 is 0 Å². The molecule has 0 radical (unpaired) electrons. The monoisotopic (exact) mass is 491 g/mol. The van der Waals surface area contributed by atoms with E-state index < -0.39 is 48.4 Å². The molecule has 3 aliphatic rings. The molecule has 1 saturated carbocycles. The molecule has 1 amide bonds. The summed E-state index contributed by atoms with van der Waals surface area (Å²) in [6.07, 6.45) is -1.83. The molecule has 1 saturated heterocycles. The van der Waals surface area contributed by atoms with Crippen molar-refractivity contribution in [1.82, 2.24) is 14.9 Å². The molecular weight excluding hydrogens is 466 g/mol. The van der Waals surface area contributed by atoms with E-state index in [1.807, 2.05) is 0 Å². The Kier molecular flexibility index (Phi) is 5.98. The number of aryl methyl sites for hydroxylation is 1. The fraction of sp³-hybridized carbons (Fsp3) is 0.500. The highest BCUT2D eigenvalue weighted by Crippen LogP contribution is 2.38. The first kappa shape index (κ1) is 23.7. The number of fused-ring (bicyclic) bond motifs is 1. The predicted octanol–water partition coefficient (Wildman–Crippen LogP) is 3.50. The first-order chi connectivity index (χ1) is 16.7. The highest BCUT2D eigenvalue weighted by molar-refractivity contribution is 6.47. The lowest BCUT2D eigenvalue weighted by molar-refractivity contribution is -0.135. The van der Waals surface area contributed by atoms with Crippen LogP contribution >= 0.6 is 0 Å². The lowest BCUT2D eigenvalue weighted by Crippen LogP contribution is -2.50. The van der Waals surface area contributed by atoms with Crippen LogP contribution in [0.4, 0.5) is 23.4 Å². The van der Waals surface area contributed by atoms with E-state index in [0.717, 1.165) is 5.56 Å². The van der Waals surface area contributed by atoms with Gasteiger partial charge in [-0.2, -0.15) is 0 Å². The quantitative estimate of drug-likeness (QED) is 0.639. The molecule has 2 aromatic rings. The van der Waals surface area contributed by atoms with Crippen LogP contribution in [0.3, 0.4) is 0 Å². The summed E-state index contributed by atoms with van der Waals surface area (Å²) in [6.45, 7) is 1.66. The summed E-state index contributed by atoms with van der Waals surface area (Å²) >= 11 is 0. The molecule has 1 aromatic carbocycles. The maximum Gasteiger partial charge on any atom is 0.275 e. The van der Waals surface area contributed by atoms with E-state index in [-0.39, 0.29) is 43.0 Å². The highest BCUT2D eigenvalue weighted by Gasteiger charge is 2.47. The van der Waals surface area contributed by atoms with Gasteiger partial charge < -0.3 is 15.3 Å². The molecule has 2 fully saturated rings. The van der Waals surface area contributed by atoms with Gasteiger partial charge in [0, 0.05) is 12.8 Å². The number of halogens is 4. The van der Waals surface area contributed by atoms with Crippen molar-refractivity contribution >= 4 is 17.4 Å². The normalized spacial score (nSPS) is 27.5. The van der Waals surface area contributed by atoms with E-state index >= 15 is 0 Å². The second kappa shape index (κ2) is 8.85. The third-order valence-corrected chi connectivity index (χ3v) is 7.02. The number of aliphatic hydroxyl groups excluding tert-OH is 1. The van der Waals surface area contributed by atoms with Crippen molar-refractivity contribution in [1.29, 1.82) is 0 Å². The number of nitrogens with zero attached hydrogens (tertiary/aromatic N) is 4. The minimum atomic E-state index is -3.24. The van der Waals surface area contributed by atoms with Crippen LogP contribution in [0.5, 0.6) is 0 Å². The second-order valence-electron chi connectivity index (χ2n) is 9.36. The van der Waals surface area contributed by atoms with Gasteiger partial charge in [0.25, 0.3) is 11.8 Å². The predicted molar refractivity (Wildman–Crippen MR) is 120 cm³/mol. The number of nitrogens with one attached hydrogen (secondary N) is 1. The minimum absolute atomic E-state index is 0.00619. The summed E-state index contributed by atoms with van der Waals surface area (Å²) in [5.74, 6) is -4.16. The standard InChI is InChI=1S/C24H25F4N5O2/c1-12-4-5-13(25)7-15(12)18-8-14(26)10-33(18)23(35)20-19-17(9-29-20)30-11-31-22(19)32-16-3-2-6-24(27,28)21(16)34/h4-5,7,11,14,16,18,21,34H,2-3,6,8-10H2,1H3,(H,30,31,32)/t14-,16?,18+,21-/m0/s1. The number of benzene rings is 1. The first-order valence-electron chi connectivity index (χ1n) is 11.6. The average Bonchev–Trinajstić information content (AvgIpc) is 3.42. The number of likely N-dealkylation sites (tertiary alicyclic amines) is 1. The zero-order valence-electron chi connectivity index (χ0n) is 19.0. The van der Waals surface area contributed by atoms with E-state index in [1.54, 1.807) is 13.0 Å². The Balaban J connectivity index is 1.45. The zero-order chi connectivity index (χ0) is 24.9. The number of carbonyl (C=O) groups is 1. The Morgan fingerprint density at radius 3 is 2.89 bits per heavy atom. The number of anilines is 1. The minimum Gasteiger partial charge on any atom is -0.385 e. The fourth-order valence-electron chi connectivity index (χ4n) is 5.20. The number of aliphatic hydroxyl groups is 1. The van der Waals surface area contributed by atoms with Gasteiger partial charge in [-0.3, -0.25) is 9.79 Å². The molecule has 7 nitrogen and oxygen atoms in total. The number of amides is 1. The molecule has 35 heavy (non-hydrogen) atoms. The van der Waals surface area contributed by atoms with Crippen molar-refractivity contribution in [3.63, 3.8) is 0 Å². The number of aliphatic imine (C=N–C) groups is 1. The number of rotatable bonds is 4. The molecular formula is C24H25F4N5O2. The lowest BCUT2D eigenvalue weighted by atomic mass is 9.89. The van der Waals surface area contributed by atoms with Crippen LogP contribution in [0.2, 0.25) is 0 Å². The zero-order valence-corrected chi connectivity index (χ0v) is 19.0. The molecule has 0 bridgehead atoms. The summed E-state index contributed by atoms with van der Waals surface area (Å²) in [4.78, 5) is 27.6. The van der Waals surface area contributed by atoms with Gasteiger partial charge in [-0.15, -0.1) is 0 Å². The van der Waals surface area contributed by atoms with E-state index in [9.17, 15) is 27.5 Å². The Morgan fingerprint density at radius 1 is 1.29 bits per heavy atom. The average molecular weight is 491 g/mol. The maximum atomic E-state index is 14.5. The van der Waals surface area contributed by atoms with Crippen LogP contribution in [0.15, 0.2) is 29.5 Å². The van der Waals surface area contributed by atoms with E-state index in [2.05, 4.69) is 20.3 Å². The lowest BCUT2D eigenvalue weighted by Gasteiger charge is -2.35. The molecule has 11 heteroatoms. The number of carbonyl (C=O) groups excluding carboxylic acids is 1. The van der Waals surface area contributed by atoms with Crippen LogP contribution in [-0.4, -0.2) is 62.4 Å². The summed E-state index contributed by atoms with van der Waals surface area (Å²) in [5.41, 5.74) is 1.93. The molecule has 2 aliphatic heterocycles. The Hall–Kier alpha value is -3.08. The summed E-state index contributed by atoms with van der Waals surface area (Å²) in [7, 11) is 0. The van der Waals surface area contributed by atoms with E-state index in [1.165, 1.54) is 23.4 Å². The van der Waals surface area contributed by atoms with Crippen LogP contribution in [-0.2, 0) is 11.3 Å². The van der Waals surface area contributed by atoms with Crippen molar-refractivity contribution in [3.05, 3.63) is 52.7 Å². The largest absolute Gasteiger partial charge is 0.385 e. The molecule has 1 aliphatic carbocycles. The molecule has 3 heterocycles. The number of hydrogen-bond donors (Lipinski definition) is 2. The van der Waals surface area contributed by atoms with Gasteiger partial charge in [-0.1, -0.05) is 6.07 Å². The fourth-order valence-corrected chi connectivity index (χ4v) is 5.20. The van der Waals surface area contributed by atoms with Crippen molar-refractivity contribution in [3.8, 4) is 0 Å². The SMILES string of the molecule is Cc1ccc(F)cc1[C@H]1C[C@H](F)CN1C(=O)C1=NCc2ncnc(NC3CCCC(F)(F)[C@H]3O)c21. The van der Waals surface area contributed by atoms with Crippen molar-refractivity contribution < 1.29 is 27.5 Å². The van der Waals surface area contributed by atoms with Crippen LogP contribution in [0.25, 0.3) is 0 Å². The Bertz CT molecular complexity index is 1190. The van der Waals surface area contributed by atoms with E-state index in [4.69, 9.17) is 0 Å². The van der Waals surface area contributed by atoms with Gasteiger partial charge in [0.05, 0.1) is 36.4 Å². The second-order valence-corrected chi connectivity index (χ2v) is 9.36. The third kappa shape index (κ3) is 4.26. The summed E-state index contributed by atoms with van der Waals surface area (Å²) in [6, 6.07) is 2.55. The van der Waals surface area contributed by atoms with Gasteiger partial charge in [0.2, 0.25) is 0 Å². The van der Waals surface area contributed by atoms with E-state index in [0.29, 0.717) is 17.7 Å². The molecule has 5 rings (SSSR count). The maximum absolute atomic E-state index is 14.5. The molecule has 2 N–H and O–H groups in total. The van der Waals surface area contributed by atoms with Gasteiger partial charge in [0.1, 0.15) is 35.9 Å². The van der Waals surface area contributed by atoms with Crippen LogP contribution in [0.1, 0.15) is 54.1 Å². The van der Waals surface area contributed by atoms with Crippen LogP contribution < -0.4 is 5.32 Å². The van der Waals surface area contributed by atoms with Crippen molar-refractivity contribution in [2.24, 2.45) is 4.99 Å². The molecule has 186 valence electrons. The molecule has 0 spiro atoms. The third-order valence-electron chi connectivity index (χ3n) is 7.02. The summed E-state index contributed by atoms with van der Waals surface area (Å²) < 4.78 is 56.6. The topological polar surface area (TPSA) is 90.7 Å². The molecule has 1 unspecified atom stereocenters. The highest BCUT2D eigenvalue weighted by atomic mass is 19.3. The Labute approximate surface area is 199 Å². The molecule has 1 aromatic heterocycles. The number of aromatic nitrogens is 2. The Morgan fingerprint density at radius 2 is 2.09 bits per heavy atom. The van der Waals surface area contributed by atoms with Gasteiger partial charge in [-0.05, 0) is 43.0 Å².